The summed E-state index contributed by atoms with van der Waals surface area (Å²) in [6, 6.07) is 1.63. The highest BCUT2D eigenvalue weighted by molar-refractivity contribution is 5.93. The summed E-state index contributed by atoms with van der Waals surface area (Å²) in [6.07, 6.45) is 6.08. The third-order valence-corrected chi connectivity index (χ3v) is 2.43. The molecule has 0 aliphatic rings. The van der Waals surface area contributed by atoms with E-state index < -0.39 is 0 Å². The van der Waals surface area contributed by atoms with Gasteiger partial charge in [0.05, 0.1) is 5.56 Å². The zero-order valence-corrected chi connectivity index (χ0v) is 10.2. The van der Waals surface area contributed by atoms with Crippen LogP contribution < -0.4 is 11.3 Å². The van der Waals surface area contributed by atoms with Gasteiger partial charge in [0, 0.05) is 6.61 Å². The van der Waals surface area contributed by atoms with Crippen molar-refractivity contribution in [1.29, 1.82) is 0 Å². The Balaban J connectivity index is 2.19. The summed E-state index contributed by atoms with van der Waals surface area (Å²) < 4.78 is 10.6. The maximum absolute atomic E-state index is 11.1. The van der Waals surface area contributed by atoms with Gasteiger partial charge in [-0.25, -0.2) is 5.84 Å². The molecule has 1 rings (SSSR count). The number of amides is 1. The van der Waals surface area contributed by atoms with E-state index in [9.17, 15) is 4.79 Å². The number of nitrogen functional groups attached to an aromatic ring is 1. The number of carbonyl (C=O) groups excluding carboxylic acids is 1. The number of hydrogen-bond acceptors (Lipinski definition) is 4. The molecule has 1 heterocycles. The summed E-state index contributed by atoms with van der Waals surface area (Å²) >= 11 is 0. The summed E-state index contributed by atoms with van der Waals surface area (Å²) in [4.78, 5) is 11.1. The second kappa shape index (κ2) is 7.86. The monoisotopic (exact) mass is 240 g/mol. The molecule has 0 radical (unpaired) electrons. The summed E-state index contributed by atoms with van der Waals surface area (Å²) in [6.45, 7) is 3.29. The lowest BCUT2D eigenvalue weighted by Gasteiger charge is -2.01. The van der Waals surface area contributed by atoms with Crippen molar-refractivity contribution < 1.29 is 13.9 Å². The number of hydrogen-bond donors (Lipinski definition) is 2. The maximum atomic E-state index is 11.1. The van der Waals surface area contributed by atoms with Gasteiger partial charge in [-0.15, -0.1) is 0 Å². The van der Waals surface area contributed by atoms with Gasteiger partial charge in [-0.2, -0.15) is 0 Å². The van der Waals surface area contributed by atoms with Gasteiger partial charge in [0.15, 0.2) is 0 Å². The molecular formula is C12H20N2O3. The van der Waals surface area contributed by atoms with Crippen molar-refractivity contribution >= 4 is 5.91 Å². The highest BCUT2D eigenvalue weighted by atomic mass is 16.5. The average molecular weight is 240 g/mol. The second-order valence-electron chi connectivity index (χ2n) is 3.89. The van der Waals surface area contributed by atoms with Crippen LogP contribution in [0, 0.1) is 0 Å². The first-order valence-corrected chi connectivity index (χ1v) is 5.94. The van der Waals surface area contributed by atoms with Crippen molar-refractivity contribution in [3.8, 4) is 0 Å². The molecule has 1 aromatic heterocycles. The van der Waals surface area contributed by atoms with Crippen LogP contribution >= 0.6 is 0 Å². The minimum atomic E-state index is -0.358. The standard InChI is InChI=1S/C12H20N2O3/c1-2-3-4-5-6-16-9-11-7-10(8-17-11)12(15)14-13/h7-8H,2-6,9,13H2,1H3,(H,14,15). The fraction of sp³-hybridized carbons (Fsp3) is 0.583. The van der Waals surface area contributed by atoms with Crippen LogP contribution in [0.5, 0.6) is 0 Å². The number of hydrazine groups is 1. The first kappa shape index (κ1) is 13.7. The predicted octanol–water partition coefficient (Wildman–Crippen LogP) is 1.98. The molecular weight excluding hydrogens is 220 g/mol. The molecule has 5 heteroatoms. The third kappa shape index (κ3) is 5.01. The number of nitrogens with one attached hydrogen (secondary N) is 1. The SMILES string of the molecule is CCCCCCOCc1cc(C(=O)NN)co1. The Morgan fingerprint density at radius 2 is 2.29 bits per heavy atom. The molecule has 0 aliphatic heterocycles. The largest absolute Gasteiger partial charge is 0.466 e. The normalized spacial score (nSPS) is 10.5. The maximum Gasteiger partial charge on any atom is 0.268 e. The molecule has 0 saturated carbocycles. The third-order valence-electron chi connectivity index (χ3n) is 2.43. The molecule has 17 heavy (non-hydrogen) atoms. The van der Waals surface area contributed by atoms with Gasteiger partial charge in [-0.1, -0.05) is 26.2 Å². The van der Waals surface area contributed by atoms with Crippen molar-refractivity contribution in [2.24, 2.45) is 5.84 Å². The number of nitrogens with two attached hydrogens (primary N) is 1. The first-order chi connectivity index (χ1) is 8.27. The summed E-state index contributed by atoms with van der Waals surface area (Å²) in [5.74, 6) is 5.29. The Morgan fingerprint density at radius 1 is 1.47 bits per heavy atom. The number of carbonyl (C=O) groups is 1. The average Bonchev–Trinajstić information content (AvgIpc) is 2.81. The van der Waals surface area contributed by atoms with Crippen LogP contribution in [0.4, 0.5) is 0 Å². The van der Waals surface area contributed by atoms with E-state index in [4.69, 9.17) is 15.0 Å². The van der Waals surface area contributed by atoms with Crippen LogP contribution in [0.1, 0.15) is 48.7 Å². The Bertz CT molecular complexity index is 336. The zero-order chi connectivity index (χ0) is 12.5. The van der Waals surface area contributed by atoms with Gasteiger partial charge < -0.3 is 9.15 Å². The van der Waals surface area contributed by atoms with Crippen molar-refractivity contribution in [3.63, 3.8) is 0 Å². The molecule has 0 aliphatic carbocycles. The molecule has 0 fully saturated rings. The van der Waals surface area contributed by atoms with E-state index in [2.05, 4.69) is 6.92 Å². The smallest absolute Gasteiger partial charge is 0.268 e. The van der Waals surface area contributed by atoms with Crippen LogP contribution in [-0.4, -0.2) is 12.5 Å². The summed E-state index contributed by atoms with van der Waals surface area (Å²) in [7, 11) is 0. The molecule has 1 aromatic rings. The molecule has 0 aromatic carbocycles. The number of unbranched alkanes of at least 4 members (excludes halogenated alkanes) is 3. The van der Waals surface area contributed by atoms with Crippen LogP contribution in [0.15, 0.2) is 16.7 Å². The molecule has 0 saturated heterocycles. The van der Waals surface area contributed by atoms with E-state index in [1.165, 1.54) is 25.5 Å². The molecule has 1 amide bonds. The molecule has 0 spiro atoms. The Kier molecular flexibility index (Phi) is 6.35. The van der Waals surface area contributed by atoms with Gasteiger partial charge in [0.1, 0.15) is 18.6 Å². The van der Waals surface area contributed by atoms with E-state index in [-0.39, 0.29) is 5.91 Å². The lowest BCUT2D eigenvalue weighted by Crippen LogP contribution is -2.29. The zero-order valence-electron chi connectivity index (χ0n) is 10.2. The fourth-order valence-corrected chi connectivity index (χ4v) is 1.46. The van der Waals surface area contributed by atoms with Gasteiger partial charge in [-0.05, 0) is 12.5 Å². The molecule has 0 atom stereocenters. The molecule has 0 bridgehead atoms. The lowest BCUT2D eigenvalue weighted by molar-refractivity contribution is 0.0953. The Hall–Kier alpha value is -1.33. The lowest BCUT2D eigenvalue weighted by atomic mass is 10.2. The quantitative estimate of drug-likeness (QED) is 0.315. The highest BCUT2D eigenvalue weighted by Gasteiger charge is 2.08. The Morgan fingerprint density at radius 3 is 3.00 bits per heavy atom. The van der Waals surface area contributed by atoms with Gasteiger partial charge in [0.25, 0.3) is 5.91 Å². The first-order valence-electron chi connectivity index (χ1n) is 5.94. The van der Waals surface area contributed by atoms with E-state index in [0.717, 1.165) is 13.0 Å². The van der Waals surface area contributed by atoms with E-state index in [0.29, 0.717) is 17.9 Å². The second-order valence-corrected chi connectivity index (χ2v) is 3.89. The number of ether oxygens (including phenoxy) is 1. The summed E-state index contributed by atoms with van der Waals surface area (Å²) in [5, 5.41) is 0. The molecule has 5 nitrogen and oxygen atoms in total. The van der Waals surface area contributed by atoms with Crippen LogP contribution in [0.25, 0.3) is 0 Å². The number of furan rings is 1. The minimum absolute atomic E-state index is 0.358. The van der Waals surface area contributed by atoms with Gasteiger partial charge in [-0.3, -0.25) is 10.2 Å². The summed E-state index contributed by atoms with van der Waals surface area (Å²) in [5.41, 5.74) is 2.46. The van der Waals surface area contributed by atoms with E-state index in [1.54, 1.807) is 6.07 Å². The molecule has 96 valence electrons. The topological polar surface area (TPSA) is 77.5 Å². The highest BCUT2D eigenvalue weighted by Crippen LogP contribution is 2.09. The van der Waals surface area contributed by atoms with Crippen LogP contribution in [-0.2, 0) is 11.3 Å². The fourth-order valence-electron chi connectivity index (χ4n) is 1.46. The van der Waals surface area contributed by atoms with Crippen molar-refractivity contribution in [2.75, 3.05) is 6.61 Å². The van der Waals surface area contributed by atoms with Gasteiger partial charge >= 0.3 is 0 Å². The van der Waals surface area contributed by atoms with E-state index in [1.807, 2.05) is 5.43 Å². The van der Waals surface area contributed by atoms with Crippen LogP contribution in [0.2, 0.25) is 0 Å². The van der Waals surface area contributed by atoms with Gasteiger partial charge in [0.2, 0.25) is 0 Å². The Labute approximate surface area is 101 Å². The predicted molar refractivity (Wildman–Crippen MR) is 64.2 cm³/mol. The number of rotatable bonds is 8. The van der Waals surface area contributed by atoms with Crippen molar-refractivity contribution in [3.05, 3.63) is 23.7 Å². The van der Waals surface area contributed by atoms with Crippen molar-refractivity contribution in [2.45, 2.75) is 39.2 Å². The molecule has 3 N–H and O–H groups in total. The molecule has 0 unspecified atom stereocenters. The minimum Gasteiger partial charge on any atom is -0.466 e. The van der Waals surface area contributed by atoms with Crippen LogP contribution in [0.3, 0.4) is 0 Å². The van der Waals surface area contributed by atoms with Crippen molar-refractivity contribution in [1.82, 2.24) is 5.43 Å². The van der Waals surface area contributed by atoms with E-state index >= 15 is 0 Å².